The number of allylic oxidation sites excluding steroid dienone is 5. The van der Waals surface area contributed by atoms with Gasteiger partial charge in [0.15, 0.2) is 0 Å². The van der Waals surface area contributed by atoms with E-state index in [1.807, 2.05) is 13.0 Å². The van der Waals surface area contributed by atoms with E-state index in [-0.39, 0.29) is 40.3 Å². The summed E-state index contributed by atoms with van der Waals surface area (Å²) in [5.41, 5.74) is 2.72. The molecule has 0 radical (unpaired) electrons. The monoisotopic (exact) mass is 486 g/mol. The number of aliphatic hydroxyl groups is 3. The zero-order chi connectivity index (χ0) is 26.0. The van der Waals surface area contributed by atoms with Crippen LogP contribution in [0.3, 0.4) is 0 Å². The third-order valence-electron chi connectivity index (χ3n) is 11.2. The van der Waals surface area contributed by atoms with E-state index in [2.05, 4.69) is 46.8 Å². The molecule has 4 rings (SSSR count). The first-order valence-electron chi connectivity index (χ1n) is 13.5. The van der Waals surface area contributed by atoms with Gasteiger partial charge in [-0.25, -0.2) is 0 Å². The van der Waals surface area contributed by atoms with Gasteiger partial charge in [-0.3, -0.25) is 4.79 Å². The van der Waals surface area contributed by atoms with E-state index in [1.165, 1.54) is 11.1 Å². The molecule has 0 aliphatic heterocycles. The SMILES string of the molecule is CC(=CCCC(C(=O)O)C1C(O)CC2(C)C3=CCC4C(C)(CCC(O)C4(C)C)C3=CCC12C)CO. The fourth-order valence-corrected chi connectivity index (χ4v) is 8.85. The van der Waals surface area contributed by atoms with Gasteiger partial charge in [-0.1, -0.05) is 58.4 Å². The molecule has 0 amide bonds. The Labute approximate surface area is 211 Å². The Morgan fingerprint density at radius 2 is 1.83 bits per heavy atom. The number of aliphatic hydroxyl groups excluding tert-OH is 3. The number of hydrogen-bond acceptors (Lipinski definition) is 4. The lowest BCUT2D eigenvalue weighted by molar-refractivity contribution is -0.148. The van der Waals surface area contributed by atoms with E-state index in [4.69, 9.17) is 0 Å². The highest BCUT2D eigenvalue weighted by Crippen LogP contribution is 2.71. The molecule has 4 aliphatic carbocycles. The highest BCUT2D eigenvalue weighted by Gasteiger charge is 2.66. The summed E-state index contributed by atoms with van der Waals surface area (Å²) in [5.74, 6) is -1.44. The van der Waals surface area contributed by atoms with Crippen LogP contribution in [0.5, 0.6) is 0 Å². The number of carboxylic acid groups (broad SMARTS) is 1. The van der Waals surface area contributed by atoms with E-state index >= 15 is 0 Å². The quantitative estimate of drug-likeness (QED) is 0.384. The van der Waals surface area contributed by atoms with Gasteiger partial charge in [0.25, 0.3) is 0 Å². The summed E-state index contributed by atoms with van der Waals surface area (Å²) in [7, 11) is 0. The number of rotatable bonds is 6. The summed E-state index contributed by atoms with van der Waals surface area (Å²) in [6.45, 7) is 13.1. The highest BCUT2D eigenvalue weighted by atomic mass is 16.4. The molecule has 5 heteroatoms. The molecule has 35 heavy (non-hydrogen) atoms. The summed E-state index contributed by atoms with van der Waals surface area (Å²) in [4.78, 5) is 12.5. The molecule has 8 unspecified atom stereocenters. The number of fused-ring (bicyclic) bond motifs is 5. The second-order valence-corrected chi connectivity index (χ2v) is 13.3. The topological polar surface area (TPSA) is 98.0 Å². The zero-order valence-electron chi connectivity index (χ0n) is 22.5. The lowest BCUT2D eigenvalue weighted by atomic mass is 9.44. The van der Waals surface area contributed by atoms with Crippen LogP contribution in [0.25, 0.3) is 0 Å². The molecule has 8 atom stereocenters. The van der Waals surface area contributed by atoms with Crippen LogP contribution in [0.4, 0.5) is 0 Å². The van der Waals surface area contributed by atoms with Crippen molar-refractivity contribution in [2.45, 2.75) is 98.7 Å². The molecule has 0 aromatic heterocycles. The maximum atomic E-state index is 12.5. The average molecular weight is 487 g/mol. The van der Waals surface area contributed by atoms with Crippen LogP contribution in [-0.2, 0) is 4.79 Å². The smallest absolute Gasteiger partial charge is 0.306 e. The number of aliphatic carboxylic acids is 1. The second-order valence-electron chi connectivity index (χ2n) is 13.3. The van der Waals surface area contributed by atoms with Gasteiger partial charge in [0.05, 0.1) is 24.7 Å². The molecule has 0 saturated heterocycles. The fraction of sp³-hybridized carbons (Fsp3) is 0.767. The highest BCUT2D eigenvalue weighted by molar-refractivity contribution is 5.71. The Hall–Kier alpha value is -1.43. The van der Waals surface area contributed by atoms with Gasteiger partial charge in [0.2, 0.25) is 0 Å². The molecule has 5 nitrogen and oxygen atoms in total. The van der Waals surface area contributed by atoms with Gasteiger partial charge in [-0.2, -0.15) is 0 Å². The van der Waals surface area contributed by atoms with Gasteiger partial charge in [-0.05, 0) is 85.2 Å². The molecule has 4 N–H and O–H groups in total. The first kappa shape index (κ1) is 26.6. The van der Waals surface area contributed by atoms with Crippen molar-refractivity contribution in [3.05, 3.63) is 34.9 Å². The van der Waals surface area contributed by atoms with Crippen molar-refractivity contribution in [2.75, 3.05) is 6.61 Å². The van der Waals surface area contributed by atoms with Gasteiger partial charge >= 0.3 is 5.97 Å². The Balaban J connectivity index is 1.72. The minimum Gasteiger partial charge on any atom is -0.481 e. The first-order chi connectivity index (χ1) is 16.2. The lowest BCUT2D eigenvalue weighted by Gasteiger charge is -2.61. The van der Waals surface area contributed by atoms with E-state index in [0.717, 1.165) is 31.3 Å². The summed E-state index contributed by atoms with van der Waals surface area (Å²) >= 11 is 0. The molecule has 2 fully saturated rings. The van der Waals surface area contributed by atoms with E-state index in [1.54, 1.807) is 0 Å². The molecule has 0 bridgehead atoms. The van der Waals surface area contributed by atoms with Crippen molar-refractivity contribution in [1.29, 1.82) is 0 Å². The Bertz CT molecular complexity index is 960. The Morgan fingerprint density at radius 1 is 1.14 bits per heavy atom. The van der Waals surface area contributed by atoms with Gasteiger partial charge in [0, 0.05) is 11.3 Å². The van der Waals surface area contributed by atoms with Crippen molar-refractivity contribution in [3.63, 3.8) is 0 Å². The van der Waals surface area contributed by atoms with Crippen LogP contribution in [0, 0.1) is 39.4 Å². The predicted molar refractivity (Wildman–Crippen MR) is 138 cm³/mol. The van der Waals surface area contributed by atoms with Crippen LogP contribution >= 0.6 is 0 Å². The van der Waals surface area contributed by atoms with Gasteiger partial charge in [-0.15, -0.1) is 0 Å². The number of hydrogen-bond donors (Lipinski definition) is 4. The van der Waals surface area contributed by atoms with Crippen molar-refractivity contribution in [3.8, 4) is 0 Å². The molecule has 196 valence electrons. The molecular weight excluding hydrogens is 440 g/mol. The Morgan fingerprint density at radius 3 is 2.46 bits per heavy atom. The van der Waals surface area contributed by atoms with Gasteiger partial charge < -0.3 is 20.4 Å². The average Bonchev–Trinajstić information content (AvgIpc) is 2.99. The molecule has 4 aliphatic rings. The largest absolute Gasteiger partial charge is 0.481 e. The van der Waals surface area contributed by atoms with E-state index in [0.29, 0.717) is 25.2 Å². The number of carbonyl (C=O) groups is 1. The normalized spacial score (nSPS) is 43.4. The van der Waals surface area contributed by atoms with E-state index in [9.17, 15) is 25.2 Å². The molecule has 0 spiro atoms. The Kier molecular flexibility index (Phi) is 6.73. The fourth-order valence-electron chi connectivity index (χ4n) is 8.85. The molecule has 0 aromatic rings. The maximum absolute atomic E-state index is 12.5. The first-order valence-corrected chi connectivity index (χ1v) is 13.5. The summed E-state index contributed by atoms with van der Waals surface area (Å²) in [5, 5.41) is 41.8. The molecule has 2 saturated carbocycles. The van der Waals surface area contributed by atoms with Crippen molar-refractivity contribution in [2.24, 2.45) is 39.4 Å². The van der Waals surface area contributed by atoms with Crippen molar-refractivity contribution in [1.82, 2.24) is 0 Å². The molecule has 0 aromatic carbocycles. The third kappa shape index (κ3) is 3.79. The van der Waals surface area contributed by atoms with Crippen molar-refractivity contribution < 1.29 is 25.2 Å². The van der Waals surface area contributed by atoms with Crippen LogP contribution < -0.4 is 0 Å². The van der Waals surface area contributed by atoms with Crippen molar-refractivity contribution >= 4 is 5.97 Å². The van der Waals surface area contributed by atoms with Crippen LogP contribution in [-0.4, -0.2) is 45.2 Å². The van der Waals surface area contributed by atoms with Crippen LogP contribution in [0.1, 0.15) is 86.5 Å². The van der Waals surface area contributed by atoms with Crippen LogP contribution in [0.2, 0.25) is 0 Å². The minimum atomic E-state index is -0.836. The predicted octanol–water partition coefficient (Wildman–Crippen LogP) is 5.26. The lowest BCUT2D eigenvalue weighted by Crippen LogP contribution is -2.54. The standard InChI is InChI=1S/C30H46O5/c1-18(17-31)8-7-9-19(26(34)35)25-22(32)16-30(6)21-10-11-23-27(2,3)24(33)13-14-28(23,4)20(21)12-15-29(25,30)5/h8,10,12,19,22-25,31-33H,7,9,11,13-17H2,1-6H3,(H,34,35). The minimum absolute atomic E-state index is 0.0149. The molecular formula is C30H46O5. The zero-order valence-corrected chi connectivity index (χ0v) is 22.5. The van der Waals surface area contributed by atoms with Crippen LogP contribution in [0.15, 0.2) is 34.9 Å². The molecule has 0 heterocycles. The van der Waals surface area contributed by atoms with Gasteiger partial charge in [0.1, 0.15) is 0 Å². The summed E-state index contributed by atoms with van der Waals surface area (Å²) < 4.78 is 0. The van der Waals surface area contributed by atoms with E-state index < -0.39 is 18.0 Å². The number of carboxylic acids is 1. The maximum Gasteiger partial charge on any atom is 0.306 e. The second kappa shape index (κ2) is 8.85. The summed E-state index contributed by atoms with van der Waals surface area (Å²) in [6, 6.07) is 0. The third-order valence-corrected chi connectivity index (χ3v) is 11.2. The summed E-state index contributed by atoms with van der Waals surface area (Å²) in [6.07, 6.45) is 10.7.